The summed E-state index contributed by atoms with van der Waals surface area (Å²) in [4.78, 5) is 12.8. The van der Waals surface area contributed by atoms with Crippen molar-refractivity contribution in [1.82, 2.24) is 0 Å². The maximum atomic E-state index is 12.8. The van der Waals surface area contributed by atoms with Gasteiger partial charge in [0.05, 0.1) is 19.8 Å². The fourth-order valence-electron chi connectivity index (χ4n) is 7.01. The molecule has 13 heteroatoms. The number of carbonyl (C=O) groups excluding carboxylic acids is 1. The summed E-state index contributed by atoms with van der Waals surface area (Å²) in [7, 11) is -5.07. The van der Waals surface area contributed by atoms with Crippen LogP contribution in [0, 0.1) is 0 Å². The molecule has 0 aromatic rings. The van der Waals surface area contributed by atoms with Crippen molar-refractivity contribution in [1.29, 1.82) is 0 Å². The van der Waals surface area contributed by atoms with Gasteiger partial charge in [0, 0.05) is 13.0 Å². The highest BCUT2D eigenvalue weighted by atomic mass is 32.3. The molecule has 4 N–H and O–H groups in total. The number of aliphatic hydroxyl groups is 3. The highest BCUT2D eigenvalue weighted by Gasteiger charge is 2.48. The van der Waals surface area contributed by atoms with Crippen molar-refractivity contribution in [2.75, 3.05) is 26.4 Å². The summed E-state index contributed by atoms with van der Waals surface area (Å²) < 4.78 is 59.1. The van der Waals surface area contributed by atoms with Crippen LogP contribution in [0.1, 0.15) is 168 Å². The predicted octanol–water partition coefficient (Wildman–Crippen LogP) is 11.4. The minimum atomic E-state index is -5.07. The molecular formula is C53H88O12S. The highest BCUT2D eigenvalue weighted by molar-refractivity contribution is 7.80. The van der Waals surface area contributed by atoms with Crippen LogP contribution >= 0.6 is 0 Å². The van der Waals surface area contributed by atoms with Gasteiger partial charge in [-0.25, -0.2) is 4.18 Å². The van der Waals surface area contributed by atoms with Gasteiger partial charge in [-0.05, 0) is 89.9 Å². The van der Waals surface area contributed by atoms with E-state index in [4.69, 9.17) is 18.9 Å². The first-order chi connectivity index (χ1) is 32.1. The summed E-state index contributed by atoms with van der Waals surface area (Å²) in [6, 6.07) is 0. The summed E-state index contributed by atoms with van der Waals surface area (Å²) in [5.74, 6) is -0.434. The van der Waals surface area contributed by atoms with Gasteiger partial charge in [-0.15, -0.1) is 0 Å². The zero-order valence-corrected chi connectivity index (χ0v) is 41.3. The number of unbranched alkanes of at least 4 members (excludes halogenated alkanes) is 13. The molecule has 0 spiro atoms. The van der Waals surface area contributed by atoms with E-state index in [1.807, 2.05) is 0 Å². The minimum Gasteiger partial charge on any atom is -0.457 e. The highest BCUT2D eigenvalue weighted by Crippen LogP contribution is 2.26. The monoisotopic (exact) mass is 949 g/mol. The van der Waals surface area contributed by atoms with Gasteiger partial charge in [0.2, 0.25) is 0 Å². The molecule has 6 atom stereocenters. The van der Waals surface area contributed by atoms with Crippen LogP contribution in [0.25, 0.3) is 0 Å². The zero-order valence-electron chi connectivity index (χ0n) is 40.5. The average Bonchev–Trinajstić information content (AvgIpc) is 3.29. The number of carbonyl (C=O) groups is 1. The molecule has 0 bridgehead atoms. The van der Waals surface area contributed by atoms with E-state index in [9.17, 15) is 33.1 Å². The van der Waals surface area contributed by atoms with Crippen molar-refractivity contribution in [3.8, 4) is 0 Å². The van der Waals surface area contributed by atoms with Crippen LogP contribution in [-0.2, 0) is 38.3 Å². The van der Waals surface area contributed by atoms with Gasteiger partial charge < -0.3 is 34.3 Å². The maximum absolute atomic E-state index is 12.8. The topological polar surface area (TPSA) is 178 Å². The molecule has 66 heavy (non-hydrogen) atoms. The van der Waals surface area contributed by atoms with E-state index in [0.29, 0.717) is 13.0 Å². The Labute approximate surface area is 399 Å². The van der Waals surface area contributed by atoms with Crippen LogP contribution in [0.4, 0.5) is 0 Å². The summed E-state index contributed by atoms with van der Waals surface area (Å²) >= 11 is 0. The molecule has 0 radical (unpaired) electrons. The number of ether oxygens (including phenoxy) is 4. The number of allylic oxidation sites excluding steroid dienone is 16. The van der Waals surface area contributed by atoms with Crippen molar-refractivity contribution in [3.63, 3.8) is 0 Å². The third kappa shape index (κ3) is 36.1. The van der Waals surface area contributed by atoms with E-state index in [0.717, 1.165) is 96.3 Å². The molecular weight excluding hydrogens is 861 g/mol. The lowest BCUT2D eigenvalue weighted by Gasteiger charge is -2.41. The lowest BCUT2D eigenvalue weighted by molar-refractivity contribution is -0.301. The number of esters is 1. The lowest BCUT2D eigenvalue weighted by Crippen LogP contribution is -2.60. The molecule has 0 aromatic carbocycles. The summed E-state index contributed by atoms with van der Waals surface area (Å²) in [5.41, 5.74) is 0. The Hall–Kier alpha value is -2.98. The Bertz CT molecular complexity index is 1520. The molecule has 1 saturated heterocycles. The molecule has 378 valence electrons. The minimum absolute atomic E-state index is 0.0147. The Morgan fingerprint density at radius 3 is 1.45 bits per heavy atom. The van der Waals surface area contributed by atoms with Crippen molar-refractivity contribution < 1.29 is 56.2 Å². The first-order valence-corrected chi connectivity index (χ1v) is 26.4. The molecule has 12 nitrogen and oxygen atoms in total. The summed E-state index contributed by atoms with van der Waals surface area (Å²) in [6.07, 6.45) is 50.2. The van der Waals surface area contributed by atoms with Crippen LogP contribution in [0.15, 0.2) is 97.2 Å². The van der Waals surface area contributed by atoms with Gasteiger partial charge in [0.25, 0.3) is 0 Å². The molecule has 1 aliphatic heterocycles. The standard InChI is InChI=1S/C53H88O12S/c1-3-5-7-9-11-13-15-17-18-19-20-21-22-23-24-25-26-27-28-29-31-33-35-37-39-41-43-61-45-47(46-62-53-51(57)52(65-66(58,59)60)50(56)48(44-54)64-53)63-49(55)42-40-38-36-34-32-30-16-14-12-10-8-6-4-2/h5-8,11-14,17-18,20-21,23-24,30,32,47-48,50-54,56-57H,3-4,9-10,15-16,19,22,25-29,31,33-46H2,1-2H3,(H,58,59,60)/b7-5-,8-6-,13-11-,14-12-,18-17-,21-20-,24-23-,32-30-. The van der Waals surface area contributed by atoms with E-state index in [-0.39, 0.29) is 19.6 Å². The molecule has 1 rings (SSSR count). The number of hydrogen-bond donors (Lipinski definition) is 4. The van der Waals surface area contributed by atoms with Gasteiger partial charge in [0.15, 0.2) is 6.29 Å². The van der Waals surface area contributed by atoms with E-state index >= 15 is 0 Å². The third-order valence-corrected chi connectivity index (χ3v) is 11.2. The van der Waals surface area contributed by atoms with Crippen molar-refractivity contribution in [2.45, 2.75) is 205 Å². The zero-order chi connectivity index (χ0) is 48.2. The normalized spacial score (nSPS) is 20.4. The maximum Gasteiger partial charge on any atom is 0.397 e. The molecule has 0 amide bonds. The average molecular weight is 949 g/mol. The van der Waals surface area contributed by atoms with Crippen LogP contribution in [0.3, 0.4) is 0 Å². The number of hydrogen-bond acceptors (Lipinski definition) is 11. The van der Waals surface area contributed by atoms with E-state index < -0.39 is 59.8 Å². The largest absolute Gasteiger partial charge is 0.457 e. The second-order valence-corrected chi connectivity index (χ2v) is 17.7. The van der Waals surface area contributed by atoms with Crippen LogP contribution in [-0.4, -0.2) is 97.5 Å². The smallest absolute Gasteiger partial charge is 0.397 e. The van der Waals surface area contributed by atoms with Gasteiger partial charge in [-0.1, -0.05) is 169 Å². The number of rotatable bonds is 42. The van der Waals surface area contributed by atoms with Crippen LogP contribution in [0.5, 0.6) is 0 Å². The Morgan fingerprint density at radius 2 is 1.00 bits per heavy atom. The van der Waals surface area contributed by atoms with E-state index in [2.05, 4.69) is 115 Å². The first-order valence-electron chi connectivity index (χ1n) is 25.0. The van der Waals surface area contributed by atoms with Crippen LogP contribution in [0.2, 0.25) is 0 Å². The molecule has 0 saturated carbocycles. The van der Waals surface area contributed by atoms with Gasteiger partial charge in [0.1, 0.15) is 30.5 Å². The summed E-state index contributed by atoms with van der Waals surface area (Å²) in [6.45, 7) is 3.69. The quantitative estimate of drug-likeness (QED) is 0.0197. The van der Waals surface area contributed by atoms with Crippen molar-refractivity contribution >= 4 is 16.4 Å². The van der Waals surface area contributed by atoms with Gasteiger partial charge in [-0.3, -0.25) is 9.35 Å². The third-order valence-electron chi connectivity index (χ3n) is 10.7. The number of aliphatic hydroxyl groups excluding tert-OH is 3. The SMILES string of the molecule is CC/C=C\C/C=C\C/C=C\C/C=C\C/C=C\CCCCCCCCCCCCOCC(COC1OC(CO)C(O)C(OS(=O)(=O)O)C1O)OC(=O)CCCCC/C=C\C/C=C\C/C=C\CC. The fourth-order valence-corrected chi connectivity index (χ4v) is 7.52. The van der Waals surface area contributed by atoms with Crippen molar-refractivity contribution in [3.05, 3.63) is 97.2 Å². The van der Waals surface area contributed by atoms with E-state index in [1.54, 1.807) is 0 Å². The van der Waals surface area contributed by atoms with Gasteiger partial charge in [-0.2, -0.15) is 8.42 Å². The second kappa shape index (κ2) is 43.3. The Kier molecular flexibility index (Phi) is 40.1. The second-order valence-electron chi connectivity index (χ2n) is 16.6. The molecule has 1 aliphatic rings. The molecule has 0 aliphatic carbocycles. The fraction of sp³-hybridized carbons (Fsp3) is 0.679. The predicted molar refractivity (Wildman–Crippen MR) is 266 cm³/mol. The van der Waals surface area contributed by atoms with E-state index in [1.165, 1.54) is 44.9 Å². The lowest BCUT2D eigenvalue weighted by atomic mass is 9.99. The molecule has 0 aromatic heterocycles. The Balaban J connectivity index is 2.34. The molecule has 6 unspecified atom stereocenters. The molecule has 1 heterocycles. The van der Waals surface area contributed by atoms with Gasteiger partial charge >= 0.3 is 16.4 Å². The summed E-state index contributed by atoms with van der Waals surface area (Å²) in [5, 5.41) is 30.7. The molecule has 1 fully saturated rings. The van der Waals surface area contributed by atoms with Crippen LogP contribution < -0.4 is 0 Å². The van der Waals surface area contributed by atoms with Crippen molar-refractivity contribution in [2.24, 2.45) is 0 Å². The first kappa shape index (κ1) is 61.0. The Morgan fingerprint density at radius 1 is 0.576 bits per heavy atom.